The van der Waals surface area contributed by atoms with Crippen molar-refractivity contribution in [2.45, 2.75) is 0 Å². The molecule has 0 amide bonds. The van der Waals surface area contributed by atoms with E-state index in [2.05, 4.69) is 4.98 Å². The number of rotatable bonds is 2. The van der Waals surface area contributed by atoms with Crippen molar-refractivity contribution in [3.63, 3.8) is 0 Å². The van der Waals surface area contributed by atoms with Crippen molar-refractivity contribution in [3.05, 3.63) is 53.7 Å². The molecule has 0 radical (unpaired) electrons. The molecule has 5 heteroatoms. The molecular formula is C12H7F2NO2. The van der Waals surface area contributed by atoms with E-state index in [0.29, 0.717) is 5.69 Å². The Kier molecular flexibility index (Phi) is 2.82. The second kappa shape index (κ2) is 4.29. The van der Waals surface area contributed by atoms with Gasteiger partial charge in [-0.25, -0.2) is 13.6 Å². The van der Waals surface area contributed by atoms with Crippen molar-refractivity contribution >= 4 is 5.97 Å². The SMILES string of the molecule is O=C(O)c1c(F)cc(-c2ccccn2)cc1F. The smallest absolute Gasteiger partial charge is 0.341 e. The zero-order valence-corrected chi connectivity index (χ0v) is 8.52. The maximum Gasteiger partial charge on any atom is 0.341 e. The Morgan fingerprint density at radius 1 is 1.18 bits per heavy atom. The number of hydrogen-bond donors (Lipinski definition) is 1. The largest absolute Gasteiger partial charge is 0.477 e. The Morgan fingerprint density at radius 2 is 1.82 bits per heavy atom. The van der Waals surface area contributed by atoms with Crippen LogP contribution in [0.1, 0.15) is 10.4 Å². The van der Waals surface area contributed by atoms with Crippen LogP contribution in [0.2, 0.25) is 0 Å². The Morgan fingerprint density at radius 3 is 2.29 bits per heavy atom. The van der Waals surface area contributed by atoms with Gasteiger partial charge in [0, 0.05) is 11.8 Å². The van der Waals surface area contributed by atoms with Gasteiger partial charge in [-0.1, -0.05) is 6.07 Å². The second-order valence-electron chi connectivity index (χ2n) is 3.34. The first kappa shape index (κ1) is 11.2. The van der Waals surface area contributed by atoms with E-state index < -0.39 is 23.2 Å². The van der Waals surface area contributed by atoms with Crippen molar-refractivity contribution in [1.82, 2.24) is 4.98 Å². The lowest BCUT2D eigenvalue weighted by molar-refractivity contribution is 0.0686. The van der Waals surface area contributed by atoms with Gasteiger partial charge >= 0.3 is 5.97 Å². The standard InChI is InChI=1S/C12H7F2NO2/c13-8-5-7(10-3-1-2-4-15-10)6-9(14)11(8)12(16)17/h1-6H,(H,16,17). The van der Waals surface area contributed by atoms with Crippen molar-refractivity contribution in [2.75, 3.05) is 0 Å². The number of carboxylic acids is 1. The van der Waals surface area contributed by atoms with E-state index in [-0.39, 0.29) is 5.56 Å². The lowest BCUT2D eigenvalue weighted by Gasteiger charge is -2.04. The van der Waals surface area contributed by atoms with E-state index in [1.807, 2.05) is 0 Å². The number of carboxylic acid groups (broad SMARTS) is 1. The molecular weight excluding hydrogens is 228 g/mol. The molecule has 0 spiro atoms. The molecule has 0 aliphatic heterocycles. The number of aromatic nitrogens is 1. The van der Waals surface area contributed by atoms with Gasteiger partial charge in [0.15, 0.2) is 0 Å². The van der Waals surface area contributed by atoms with Gasteiger partial charge < -0.3 is 5.11 Å². The molecule has 3 nitrogen and oxygen atoms in total. The molecule has 2 aromatic rings. The third-order valence-electron chi connectivity index (χ3n) is 2.22. The van der Waals surface area contributed by atoms with E-state index in [0.717, 1.165) is 12.1 Å². The highest BCUT2D eigenvalue weighted by molar-refractivity contribution is 5.89. The summed E-state index contributed by atoms with van der Waals surface area (Å²) in [6, 6.07) is 6.82. The number of benzene rings is 1. The van der Waals surface area contributed by atoms with Crippen molar-refractivity contribution in [3.8, 4) is 11.3 Å². The summed E-state index contributed by atoms with van der Waals surface area (Å²) in [5, 5.41) is 8.61. The van der Waals surface area contributed by atoms with Gasteiger partial charge in [-0.3, -0.25) is 4.98 Å². The number of pyridine rings is 1. The van der Waals surface area contributed by atoms with Crippen LogP contribution < -0.4 is 0 Å². The summed E-state index contributed by atoms with van der Waals surface area (Å²) in [7, 11) is 0. The molecule has 1 N–H and O–H groups in total. The van der Waals surface area contributed by atoms with Crippen molar-refractivity contribution < 1.29 is 18.7 Å². The van der Waals surface area contributed by atoms with Gasteiger partial charge in [0.25, 0.3) is 0 Å². The van der Waals surface area contributed by atoms with Crippen LogP contribution in [-0.2, 0) is 0 Å². The third kappa shape index (κ3) is 2.13. The van der Waals surface area contributed by atoms with E-state index in [1.165, 1.54) is 6.20 Å². The van der Waals surface area contributed by atoms with Gasteiger partial charge in [0.2, 0.25) is 0 Å². The summed E-state index contributed by atoms with van der Waals surface area (Å²) in [6.07, 6.45) is 1.48. The molecule has 86 valence electrons. The summed E-state index contributed by atoms with van der Waals surface area (Å²) in [6.45, 7) is 0. The number of nitrogens with zero attached hydrogens (tertiary/aromatic N) is 1. The second-order valence-corrected chi connectivity index (χ2v) is 3.34. The molecule has 0 saturated carbocycles. The van der Waals surface area contributed by atoms with E-state index in [1.54, 1.807) is 18.2 Å². The molecule has 0 unspecified atom stereocenters. The summed E-state index contributed by atoms with van der Waals surface area (Å²) in [5.74, 6) is -3.86. The monoisotopic (exact) mass is 235 g/mol. The average molecular weight is 235 g/mol. The Balaban J connectivity index is 2.57. The molecule has 0 atom stereocenters. The van der Waals surface area contributed by atoms with Crippen molar-refractivity contribution in [1.29, 1.82) is 0 Å². The topological polar surface area (TPSA) is 50.2 Å². The van der Waals surface area contributed by atoms with Crippen molar-refractivity contribution in [2.24, 2.45) is 0 Å². The normalized spacial score (nSPS) is 10.2. The minimum atomic E-state index is -1.63. The predicted octanol–water partition coefficient (Wildman–Crippen LogP) is 2.73. The lowest BCUT2D eigenvalue weighted by Crippen LogP contribution is -2.05. The minimum Gasteiger partial charge on any atom is -0.477 e. The molecule has 0 bridgehead atoms. The highest BCUT2D eigenvalue weighted by Gasteiger charge is 2.18. The van der Waals surface area contributed by atoms with Crippen LogP contribution >= 0.6 is 0 Å². The molecule has 1 heterocycles. The highest BCUT2D eigenvalue weighted by atomic mass is 19.1. The van der Waals surface area contributed by atoms with Crippen LogP contribution in [0.15, 0.2) is 36.5 Å². The summed E-state index contributed by atoms with van der Waals surface area (Å²) < 4.78 is 26.8. The predicted molar refractivity (Wildman–Crippen MR) is 56.5 cm³/mol. The highest BCUT2D eigenvalue weighted by Crippen LogP contribution is 2.22. The zero-order valence-electron chi connectivity index (χ0n) is 8.52. The molecule has 17 heavy (non-hydrogen) atoms. The van der Waals surface area contributed by atoms with Gasteiger partial charge in [0.05, 0.1) is 5.69 Å². The summed E-state index contributed by atoms with van der Waals surface area (Å²) in [5.41, 5.74) is -0.377. The first-order chi connectivity index (χ1) is 8.09. The van der Waals surface area contributed by atoms with Crippen LogP contribution in [0.4, 0.5) is 8.78 Å². The number of carbonyl (C=O) groups is 1. The molecule has 0 aliphatic carbocycles. The third-order valence-corrected chi connectivity index (χ3v) is 2.22. The molecule has 1 aromatic carbocycles. The quantitative estimate of drug-likeness (QED) is 0.870. The first-order valence-electron chi connectivity index (χ1n) is 4.73. The molecule has 2 rings (SSSR count). The van der Waals surface area contributed by atoms with E-state index >= 15 is 0 Å². The summed E-state index contributed by atoms with van der Waals surface area (Å²) in [4.78, 5) is 14.5. The maximum atomic E-state index is 13.4. The number of halogens is 2. The number of aromatic carboxylic acids is 1. The minimum absolute atomic E-state index is 0.200. The molecule has 0 saturated heterocycles. The van der Waals surface area contributed by atoms with Gasteiger partial charge in [0.1, 0.15) is 17.2 Å². The van der Waals surface area contributed by atoms with Gasteiger partial charge in [-0.05, 0) is 24.3 Å². The zero-order chi connectivity index (χ0) is 12.4. The Labute approximate surface area is 95.4 Å². The van der Waals surface area contributed by atoms with Crippen LogP contribution in [0.3, 0.4) is 0 Å². The average Bonchev–Trinajstić information content (AvgIpc) is 2.28. The van der Waals surface area contributed by atoms with Crippen LogP contribution in [0.5, 0.6) is 0 Å². The summed E-state index contributed by atoms with van der Waals surface area (Å²) >= 11 is 0. The van der Waals surface area contributed by atoms with Crippen LogP contribution in [-0.4, -0.2) is 16.1 Å². The fraction of sp³-hybridized carbons (Fsp3) is 0. The van der Waals surface area contributed by atoms with Gasteiger partial charge in [-0.2, -0.15) is 0 Å². The molecule has 0 aliphatic rings. The Hall–Kier alpha value is -2.30. The first-order valence-corrected chi connectivity index (χ1v) is 4.73. The van der Waals surface area contributed by atoms with E-state index in [9.17, 15) is 13.6 Å². The van der Waals surface area contributed by atoms with E-state index in [4.69, 9.17) is 5.11 Å². The Bertz CT molecular complexity index is 547. The molecule has 1 aromatic heterocycles. The van der Waals surface area contributed by atoms with Crippen LogP contribution in [0, 0.1) is 11.6 Å². The maximum absolute atomic E-state index is 13.4. The lowest BCUT2D eigenvalue weighted by atomic mass is 10.1. The fourth-order valence-corrected chi connectivity index (χ4v) is 1.46. The number of hydrogen-bond acceptors (Lipinski definition) is 2. The molecule has 0 fully saturated rings. The van der Waals surface area contributed by atoms with Crippen LogP contribution in [0.25, 0.3) is 11.3 Å². The fourth-order valence-electron chi connectivity index (χ4n) is 1.46. The van der Waals surface area contributed by atoms with Gasteiger partial charge in [-0.15, -0.1) is 0 Å².